The molecule has 31 heavy (non-hydrogen) atoms. The van der Waals surface area contributed by atoms with Crippen LogP contribution in [0.1, 0.15) is 21.5 Å². The summed E-state index contributed by atoms with van der Waals surface area (Å²) >= 11 is 0. The van der Waals surface area contributed by atoms with E-state index in [9.17, 15) is 9.59 Å². The molecule has 4 aromatic rings. The number of nitrogens with one attached hydrogen (secondary N) is 1. The van der Waals surface area contributed by atoms with Crippen molar-refractivity contribution in [1.82, 2.24) is 14.8 Å². The largest absolute Gasteiger partial charge is 0.455 e. The molecule has 0 aliphatic carbocycles. The van der Waals surface area contributed by atoms with Crippen molar-refractivity contribution < 1.29 is 9.53 Å². The molecule has 0 radical (unpaired) electrons. The number of amides is 1. The van der Waals surface area contributed by atoms with E-state index in [1.54, 1.807) is 24.5 Å². The van der Waals surface area contributed by atoms with Crippen LogP contribution in [0.5, 0.6) is 11.5 Å². The molecule has 0 unspecified atom stereocenters. The number of anilines is 1. The van der Waals surface area contributed by atoms with E-state index >= 15 is 0 Å². The molecule has 0 bridgehead atoms. The maximum Gasteiger partial charge on any atom is 0.267 e. The number of benzene rings is 2. The van der Waals surface area contributed by atoms with Crippen molar-refractivity contribution in [1.29, 1.82) is 0 Å². The van der Waals surface area contributed by atoms with Crippen molar-refractivity contribution in [3.8, 4) is 17.2 Å². The van der Waals surface area contributed by atoms with Crippen molar-refractivity contribution in [2.24, 2.45) is 0 Å². The Balaban J connectivity index is 1.59. The minimum Gasteiger partial charge on any atom is -0.455 e. The fourth-order valence-corrected chi connectivity index (χ4v) is 3.15. The smallest absolute Gasteiger partial charge is 0.267 e. The molecule has 1 N–H and O–H groups in total. The first-order valence-electron chi connectivity index (χ1n) is 9.67. The molecule has 2 heterocycles. The zero-order chi connectivity index (χ0) is 21.8. The van der Waals surface area contributed by atoms with Gasteiger partial charge < -0.3 is 10.1 Å². The number of hydrogen-bond acceptors (Lipinski definition) is 5. The Bertz CT molecular complexity index is 1290. The average molecular weight is 412 g/mol. The molecule has 0 spiro atoms. The third-order valence-electron chi connectivity index (χ3n) is 4.78. The van der Waals surface area contributed by atoms with Gasteiger partial charge in [-0.05, 0) is 61.4 Å². The van der Waals surface area contributed by atoms with Crippen LogP contribution >= 0.6 is 0 Å². The third kappa shape index (κ3) is 4.35. The number of pyridine rings is 1. The Morgan fingerprint density at radius 3 is 2.52 bits per heavy atom. The zero-order valence-electron chi connectivity index (χ0n) is 17.1. The summed E-state index contributed by atoms with van der Waals surface area (Å²) in [5.74, 6) is 0.750. The van der Waals surface area contributed by atoms with Crippen LogP contribution in [0.4, 0.5) is 5.69 Å². The number of aryl methyl sites for hydroxylation is 2. The molecule has 0 atom stereocenters. The van der Waals surface area contributed by atoms with Gasteiger partial charge in [0.05, 0.1) is 12.4 Å². The molecule has 0 saturated heterocycles. The molecule has 7 nitrogen and oxygen atoms in total. The van der Waals surface area contributed by atoms with E-state index in [2.05, 4.69) is 15.5 Å². The van der Waals surface area contributed by atoms with Gasteiger partial charge in [0.1, 0.15) is 17.1 Å². The van der Waals surface area contributed by atoms with Crippen molar-refractivity contribution in [3.63, 3.8) is 0 Å². The maximum atomic E-state index is 12.9. The molecule has 7 heteroatoms. The maximum absolute atomic E-state index is 12.9. The number of rotatable bonds is 5. The number of carbonyl (C=O) groups is 1. The number of aromatic nitrogens is 3. The molecule has 4 rings (SSSR count). The standard InChI is InChI=1S/C24H20N4O3/c1-16-14-22(31-19-10-11-25-26-15-19)17(2)13-21(16)27-23(29)20-9-6-12-28(24(20)30)18-7-4-3-5-8-18/h3-15H,1-2H3,(H,27,29). The Morgan fingerprint density at radius 2 is 1.77 bits per heavy atom. The molecule has 1 amide bonds. The van der Waals surface area contributed by atoms with Gasteiger partial charge in [0, 0.05) is 23.6 Å². The predicted molar refractivity (Wildman–Crippen MR) is 118 cm³/mol. The minimum atomic E-state index is -0.468. The van der Waals surface area contributed by atoms with Gasteiger partial charge in [0.15, 0.2) is 0 Å². The summed E-state index contributed by atoms with van der Waals surface area (Å²) in [7, 11) is 0. The normalized spacial score (nSPS) is 10.5. The van der Waals surface area contributed by atoms with Crippen LogP contribution in [0.3, 0.4) is 0 Å². The van der Waals surface area contributed by atoms with Gasteiger partial charge in [-0.1, -0.05) is 18.2 Å². The summed E-state index contributed by atoms with van der Waals surface area (Å²) in [5.41, 5.74) is 2.61. The van der Waals surface area contributed by atoms with Gasteiger partial charge in [-0.25, -0.2) is 0 Å². The average Bonchev–Trinajstić information content (AvgIpc) is 2.78. The zero-order valence-corrected chi connectivity index (χ0v) is 17.1. The van der Waals surface area contributed by atoms with E-state index < -0.39 is 5.91 Å². The SMILES string of the molecule is Cc1cc(Oc2ccnnc2)c(C)cc1NC(=O)c1cccn(-c2ccccc2)c1=O. The molecule has 2 aromatic heterocycles. The predicted octanol–water partition coefficient (Wildman–Crippen LogP) is 4.29. The van der Waals surface area contributed by atoms with Crippen LogP contribution in [-0.2, 0) is 0 Å². The second-order valence-electron chi connectivity index (χ2n) is 7.00. The molecule has 2 aromatic carbocycles. The second-order valence-corrected chi connectivity index (χ2v) is 7.00. The minimum absolute atomic E-state index is 0.0617. The van der Waals surface area contributed by atoms with Gasteiger partial charge in [-0.3, -0.25) is 14.2 Å². The van der Waals surface area contributed by atoms with Crippen LogP contribution in [-0.4, -0.2) is 20.7 Å². The lowest BCUT2D eigenvalue weighted by Gasteiger charge is -2.14. The van der Waals surface area contributed by atoms with Crippen molar-refractivity contribution >= 4 is 11.6 Å². The topological polar surface area (TPSA) is 86.1 Å². The summed E-state index contributed by atoms with van der Waals surface area (Å²) < 4.78 is 7.30. The molecule has 154 valence electrons. The van der Waals surface area contributed by atoms with E-state index in [-0.39, 0.29) is 11.1 Å². The Labute approximate surface area is 179 Å². The second kappa shape index (κ2) is 8.62. The highest BCUT2D eigenvalue weighted by molar-refractivity contribution is 6.04. The monoisotopic (exact) mass is 412 g/mol. The van der Waals surface area contributed by atoms with Crippen molar-refractivity contribution in [3.05, 3.63) is 106 Å². The lowest BCUT2D eigenvalue weighted by molar-refractivity contribution is 0.102. The van der Waals surface area contributed by atoms with E-state index in [1.165, 1.54) is 16.8 Å². The highest BCUT2D eigenvalue weighted by Crippen LogP contribution is 2.30. The summed E-state index contributed by atoms with van der Waals surface area (Å²) in [6.07, 6.45) is 4.72. The van der Waals surface area contributed by atoms with Gasteiger partial charge >= 0.3 is 0 Å². The number of hydrogen-bond donors (Lipinski definition) is 1. The lowest BCUT2D eigenvalue weighted by Crippen LogP contribution is -2.28. The molecular formula is C24H20N4O3. The first-order chi connectivity index (χ1) is 15.0. The molecule has 0 aliphatic rings. The van der Waals surface area contributed by atoms with E-state index in [4.69, 9.17) is 4.74 Å². The number of ether oxygens (including phenoxy) is 1. The Hall–Kier alpha value is -4.26. The first-order valence-corrected chi connectivity index (χ1v) is 9.67. The van der Waals surface area contributed by atoms with Crippen molar-refractivity contribution in [2.75, 3.05) is 5.32 Å². The quantitative estimate of drug-likeness (QED) is 0.528. The number of para-hydroxylation sites is 1. The van der Waals surface area contributed by atoms with Gasteiger partial charge in [-0.15, -0.1) is 0 Å². The van der Waals surface area contributed by atoms with Crippen LogP contribution < -0.4 is 15.6 Å². The van der Waals surface area contributed by atoms with Gasteiger partial charge in [0.25, 0.3) is 11.5 Å². The number of carbonyl (C=O) groups excluding carboxylic acids is 1. The van der Waals surface area contributed by atoms with Crippen LogP contribution in [0.2, 0.25) is 0 Å². The molecule has 0 fully saturated rings. The van der Waals surface area contributed by atoms with Crippen LogP contribution in [0.25, 0.3) is 5.69 Å². The highest BCUT2D eigenvalue weighted by atomic mass is 16.5. The molecule has 0 saturated carbocycles. The summed E-state index contributed by atoms with van der Waals surface area (Å²) in [5, 5.41) is 10.4. The third-order valence-corrected chi connectivity index (χ3v) is 4.78. The molecule has 0 aliphatic heterocycles. The lowest BCUT2D eigenvalue weighted by atomic mass is 10.1. The van der Waals surface area contributed by atoms with Crippen LogP contribution in [0, 0.1) is 13.8 Å². The van der Waals surface area contributed by atoms with E-state index in [0.717, 1.165) is 11.1 Å². The Kier molecular flexibility index (Phi) is 5.57. The van der Waals surface area contributed by atoms with Crippen molar-refractivity contribution in [2.45, 2.75) is 13.8 Å². The first kappa shape index (κ1) is 20.0. The molecular weight excluding hydrogens is 392 g/mol. The van der Waals surface area contributed by atoms with Crippen LogP contribution in [0.15, 0.2) is 84.0 Å². The summed E-state index contributed by atoms with van der Waals surface area (Å²) in [6.45, 7) is 3.74. The number of nitrogens with zero attached hydrogens (tertiary/aromatic N) is 3. The van der Waals surface area contributed by atoms with E-state index in [1.807, 2.05) is 56.3 Å². The van der Waals surface area contributed by atoms with E-state index in [0.29, 0.717) is 22.9 Å². The van der Waals surface area contributed by atoms with Gasteiger partial charge in [-0.2, -0.15) is 10.2 Å². The summed E-state index contributed by atoms with van der Waals surface area (Å²) in [6, 6.07) is 17.7. The highest BCUT2D eigenvalue weighted by Gasteiger charge is 2.15. The fraction of sp³-hybridized carbons (Fsp3) is 0.0833. The van der Waals surface area contributed by atoms with Gasteiger partial charge in [0.2, 0.25) is 0 Å². The fourth-order valence-electron chi connectivity index (χ4n) is 3.15. The summed E-state index contributed by atoms with van der Waals surface area (Å²) in [4.78, 5) is 25.8. The Morgan fingerprint density at radius 1 is 0.968 bits per heavy atom.